The Hall–Kier alpha value is -2.01. The number of nitrogens with zero attached hydrogens (tertiary/aromatic N) is 1. The molecule has 5 heteroatoms. The third kappa shape index (κ3) is 2.70. The van der Waals surface area contributed by atoms with Gasteiger partial charge in [-0.3, -0.25) is 4.90 Å². The molecule has 2 aliphatic heterocycles. The zero-order chi connectivity index (χ0) is 15.8. The first-order valence-electron chi connectivity index (χ1n) is 7.80. The van der Waals surface area contributed by atoms with Crippen LogP contribution in [0.3, 0.4) is 0 Å². The molecular formula is C18H17FN2OS. The molecule has 2 heterocycles. The summed E-state index contributed by atoms with van der Waals surface area (Å²) < 4.78 is 13.6. The van der Waals surface area contributed by atoms with E-state index in [1.807, 2.05) is 18.2 Å². The molecule has 2 aliphatic rings. The Kier molecular flexibility index (Phi) is 3.73. The molecule has 0 radical (unpaired) electrons. The lowest BCUT2D eigenvalue weighted by Crippen LogP contribution is -2.41. The summed E-state index contributed by atoms with van der Waals surface area (Å²) in [6.07, 6.45) is 1.71. The van der Waals surface area contributed by atoms with Gasteiger partial charge < -0.3 is 5.32 Å². The van der Waals surface area contributed by atoms with Gasteiger partial charge in [0.1, 0.15) is 5.82 Å². The van der Waals surface area contributed by atoms with Crippen LogP contribution in [0.4, 0.5) is 14.9 Å². The third-order valence-electron chi connectivity index (χ3n) is 4.44. The minimum atomic E-state index is -0.253. The second-order valence-electron chi connectivity index (χ2n) is 5.85. The normalized spacial score (nSPS) is 19.2. The molecule has 0 spiro atoms. The SMILES string of the molecule is O=C(NC1CCSc2ccc(F)cc21)N1CCc2ccccc21. The standard InChI is InChI=1S/C18H17FN2OS/c19-13-5-6-17-14(11-13)15(8-10-23-17)20-18(22)21-9-7-12-3-1-2-4-16(12)21/h1-6,11,15H,7-10H2,(H,20,22). The minimum Gasteiger partial charge on any atom is -0.331 e. The number of nitrogens with one attached hydrogen (secondary N) is 1. The number of hydrogen-bond donors (Lipinski definition) is 1. The van der Waals surface area contributed by atoms with E-state index in [-0.39, 0.29) is 17.9 Å². The third-order valence-corrected chi connectivity index (χ3v) is 5.56. The van der Waals surface area contributed by atoms with E-state index in [4.69, 9.17) is 0 Å². The van der Waals surface area contributed by atoms with Crippen molar-refractivity contribution in [2.75, 3.05) is 17.2 Å². The van der Waals surface area contributed by atoms with E-state index in [1.165, 1.54) is 11.6 Å². The zero-order valence-electron chi connectivity index (χ0n) is 12.6. The van der Waals surface area contributed by atoms with E-state index < -0.39 is 0 Å². The Bertz CT molecular complexity index is 764. The predicted molar refractivity (Wildman–Crippen MR) is 90.5 cm³/mol. The fourth-order valence-corrected chi connectivity index (χ4v) is 4.40. The van der Waals surface area contributed by atoms with Gasteiger partial charge in [-0.1, -0.05) is 18.2 Å². The highest BCUT2D eigenvalue weighted by Gasteiger charge is 2.28. The summed E-state index contributed by atoms with van der Waals surface area (Å²) in [5, 5.41) is 3.09. The number of amides is 2. The lowest BCUT2D eigenvalue weighted by atomic mass is 10.0. The molecule has 2 aromatic rings. The fourth-order valence-electron chi connectivity index (χ4n) is 3.29. The molecule has 0 aliphatic carbocycles. The van der Waals surface area contributed by atoms with Crippen molar-refractivity contribution in [2.24, 2.45) is 0 Å². The van der Waals surface area contributed by atoms with Crippen molar-refractivity contribution in [1.82, 2.24) is 5.32 Å². The number of para-hydroxylation sites is 1. The molecule has 0 fully saturated rings. The highest BCUT2D eigenvalue weighted by atomic mass is 32.2. The molecule has 1 atom stereocenters. The summed E-state index contributed by atoms with van der Waals surface area (Å²) in [7, 11) is 0. The number of carbonyl (C=O) groups is 1. The van der Waals surface area contributed by atoms with E-state index in [1.54, 1.807) is 28.8 Å². The summed E-state index contributed by atoms with van der Waals surface area (Å²) in [6.45, 7) is 0.697. The van der Waals surface area contributed by atoms with Crippen LogP contribution in [0, 0.1) is 5.82 Å². The maximum atomic E-state index is 13.6. The van der Waals surface area contributed by atoms with Gasteiger partial charge in [0.05, 0.1) is 6.04 Å². The number of rotatable bonds is 1. The molecule has 0 saturated carbocycles. The van der Waals surface area contributed by atoms with Crippen LogP contribution in [0.1, 0.15) is 23.6 Å². The first-order chi connectivity index (χ1) is 11.2. The van der Waals surface area contributed by atoms with Crippen molar-refractivity contribution in [3.05, 3.63) is 59.4 Å². The lowest BCUT2D eigenvalue weighted by molar-refractivity contribution is 0.242. The van der Waals surface area contributed by atoms with Crippen molar-refractivity contribution in [3.8, 4) is 0 Å². The first-order valence-corrected chi connectivity index (χ1v) is 8.79. The summed E-state index contributed by atoms with van der Waals surface area (Å²) in [5.41, 5.74) is 3.07. The lowest BCUT2D eigenvalue weighted by Gasteiger charge is -2.28. The summed E-state index contributed by atoms with van der Waals surface area (Å²) in [4.78, 5) is 15.5. The van der Waals surface area contributed by atoms with Gasteiger partial charge in [0.2, 0.25) is 0 Å². The van der Waals surface area contributed by atoms with E-state index in [0.29, 0.717) is 6.54 Å². The van der Waals surface area contributed by atoms with Crippen LogP contribution in [-0.4, -0.2) is 18.3 Å². The molecule has 0 bridgehead atoms. The molecule has 0 saturated heterocycles. The van der Waals surface area contributed by atoms with Crippen molar-refractivity contribution in [1.29, 1.82) is 0 Å². The van der Waals surface area contributed by atoms with Crippen LogP contribution in [0.5, 0.6) is 0 Å². The second kappa shape index (κ2) is 5.89. The molecule has 118 valence electrons. The van der Waals surface area contributed by atoms with Gasteiger partial charge >= 0.3 is 6.03 Å². The van der Waals surface area contributed by atoms with E-state index >= 15 is 0 Å². The maximum Gasteiger partial charge on any atom is 0.322 e. The predicted octanol–water partition coefficient (Wildman–Crippen LogP) is 4.13. The van der Waals surface area contributed by atoms with Crippen LogP contribution in [0.2, 0.25) is 0 Å². The number of fused-ring (bicyclic) bond motifs is 2. The average Bonchev–Trinajstić information content (AvgIpc) is 2.99. The highest BCUT2D eigenvalue weighted by Crippen LogP contribution is 2.37. The Morgan fingerprint density at radius 1 is 1.26 bits per heavy atom. The smallest absolute Gasteiger partial charge is 0.322 e. The number of hydrogen-bond acceptors (Lipinski definition) is 2. The number of anilines is 1. The molecule has 0 aromatic heterocycles. The van der Waals surface area contributed by atoms with Crippen molar-refractivity contribution < 1.29 is 9.18 Å². The minimum absolute atomic E-state index is 0.0953. The first kappa shape index (κ1) is 14.6. The van der Waals surface area contributed by atoms with E-state index in [0.717, 1.165) is 34.7 Å². The van der Waals surface area contributed by atoms with Gasteiger partial charge in [-0.2, -0.15) is 0 Å². The topological polar surface area (TPSA) is 32.3 Å². The molecule has 2 aromatic carbocycles. The number of urea groups is 1. The van der Waals surface area contributed by atoms with E-state index in [2.05, 4.69) is 11.4 Å². The van der Waals surface area contributed by atoms with Gasteiger partial charge in [0, 0.05) is 22.9 Å². The Morgan fingerprint density at radius 3 is 3.04 bits per heavy atom. The van der Waals surface area contributed by atoms with E-state index in [9.17, 15) is 9.18 Å². The number of carbonyl (C=O) groups excluding carboxylic acids is 1. The average molecular weight is 328 g/mol. The Balaban J connectivity index is 1.56. The van der Waals surface area contributed by atoms with Crippen LogP contribution in [0.15, 0.2) is 47.4 Å². The fraction of sp³-hybridized carbons (Fsp3) is 0.278. The quantitative estimate of drug-likeness (QED) is 0.853. The van der Waals surface area contributed by atoms with Crippen LogP contribution < -0.4 is 10.2 Å². The van der Waals surface area contributed by atoms with Gasteiger partial charge in [-0.25, -0.2) is 9.18 Å². The molecule has 2 amide bonds. The Labute approximate surface area is 138 Å². The summed E-state index contributed by atoms with van der Waals surface area (Å²) in [5.74, 6) is 0.678. The largest absolute Gasteiger partial charge is 0.331 e. The number of halogens is 1. The van der Waals surface area contributed by atoms with Crippen LogP contribution in [0.25, 0.3) is 0 Å². The van der Waals surface area contributed by atoms with Gasteiger partial charge in [-0.05, 0) is 48.2 Å². The molecule has 1 unspecified atom stereocenters. The zero-order valence-corrected chi connectivity index (χ0v) is 13.4. The number of thioether (sulfide) groups is 1. The molecule has 4 rings (SSSR count). The monoisotopic (exact) mass is 328 g/mol. The van der Waals surface area contributed by atoms with Gasteiger partial charge in [0.15, 0.2) is 0 Å². The number of benzene rings is 2. The van der Waals surface area contributed by atoms with Gasteiger partial charge in [-0.15, -0.1) is 11.8 Å². The molecule has 3 nitrogen and oxygen atoms in total. The van der Waals surface area contributed by atoms with Crippen molar-refractivity contribution in [2.45, 2.75) is 23.8 Å². The molecule has 1 N–H and O–H groups in total. The highest BCUT2D eigenvalue weighted by molar-refractivity contribution is 7.99. The summed E-state index contributed by atoms with van der Waals surface area (Å²) in [6, 6.07) is 12.6. The molecular weight excluding hydrogens is 311 g/mol. The Morgan fingerprint density at radius 2 is 2.13 bits per heavy atom. The van der Waals surface area contributed by atoms with Crippen LogP contribution >= 0.6 is 11.8 Å². The van der Waals surface area contributed by atoms with Crippen LogP contribution in [-0.2, 0) is 6.42 Å². The molecule has 23 heavy (non-hydrogen) atoms. The van der Waals surface area contributed by atoms with Gasteiger partial charge in [0.25, 0.3) is 0 Å². The van der Waals surface area contributed by atoms with Crippen molar-refractivity contribution in [3.63, 3.8) is 0 Å². The summed E-state index contributed by atoms with van der Waals surface area (Å²) >= 11 is 1.72. The van der Waals surface area contributed by atoms with Crippen molar-refractivity contribution >= 4 is 23.5 Å². The second-order valence-corrected chi connectivity index (χ2v) is 6.99. The maximum absolute atomic E-state index is 13.6.